The third-order valence-electron chi connectivity index (χ3n) is 2.28. The first-order chi connectivity index (χ1) is 9.02. The molecule has 7 heteroatoms. The fourth-order valence-electron chi connectivity index (χ4n) is 1.46. The Labute approximate surface area is 122 Å². The number of hydrogen-bond acceptors (Lipinski definition) is 5. The van der Waals surface area contributed by atoms with Gasteiger partial charge in [-0.25, -0.2) is 4.79 Å². The molecule has 0 radical (unpaired) electrons. The molecule has 0 aliphatic carbocycles. The second-order valence-electron chi connectivity index (χ2n) is 3.58. The van der Waals surface area contributed by atoms with E-state index in [-0.39, 0.29) is 24.1 Å². The van der Waals surface area contributed by atoms with Gasteiger partial charge in [-0.2, -0.15) is 4.98 Å². The summed E-state index contributed by atoms with van der Waals surface area (Å²) in [5.74, 6) is -0.459. The summed E-state index contributed by atoms with van der Waals surface area (Å²) in [6.45, 7) is 1.94. The monoisotopic (exact) mass is 344 g/mol. The lowest BCUT2D eigenvalue weighted by Crippen LogP contribution is -2.07. The van der Waals surface area contributed by atoms with Crippen LogP contribution >= 0.6 is 27.5 Å². The van der Waals surface area contributed by atoms with Crippen molar-refractivity contribution >= 4 is 39.4 Å². The predicted molar refractivity (Wildman–Crippen MR) is 75.0 cm³/mol. The van der Waals surface area contributed by atoms with Crippen molar-refractivity contribution in [3.05, 3.63) is 33.4 Å². The van der Waals surface area contributed by atoms with Crippen LogP contribution in [0.4, 0.5) is 5.88 Å². The average Bonchev–Trinajstić information content (AvgIpc) is 2.71. The molecule has 0 saturated heterocycles. The maximum Gasteiger partial charge on any atom is 0.362 e. The molecular weight excluding hydrogens is 336 g/mol. The number of carbonyl (C=O) groups excluding carboxylic acids is 1. The Kier molecular flexibility index (Phi) is 4.11. The van der Waals surface area contributed by atoms with Gasteiger partial charge in [0.2, 0.25) is 17.5 Å². The van der Waals surface area contributed by atoms with Crippen LogP contribution in [0.15, 0.2) is 27.1 Å². The third-order valence-corrected chi connectivity index (χ3v) is 3.17. The van der Waals surface area contributed by atoms with Gasteiger partial charge in [-0.05, 0) is 41.1 Å². The van der Waals surface area contributed by atoms with Crippen LogP contribution in [0.5, 0.6) is 0 Å². The molecule has 2 aromatic rings. The lowest BCUT2D eigenvalue weighted by molar-refractivity contribution is 0.0521. The zero-order valence-electron chi connectivity index (χ0n) is 9.94. The highest BCUT2D eigenvalue weighted by Gasteiger charge is 2.21. The molecule has 0 atom stereocenters. The van der Waals surface area contributed by atoms with E-state index in [1.54, 1.807) is 25.1 Å². The maximum absolute atomic E-state index is 11.6. The Hall–Kier alpha value is -1.53. The normalized spacial score (nSPS) is 10.5. The largest absolute Gasteiger partial charge is 0.461 e. The molecule has 0 spiro atoms. The van der Waals surface area contributed by atoms with E-state index in [0.29, 0.717) is 15.1 Å². The number of oxazole rings is 1. The van der Waals surface area contributed by atoms with Crippen LogP contribution in [0.2, 0.25) is 5.02 Å². The number of aromatic nitrogens is 1. The number of benzene rings is 1. The van der Waals surface area contributed by atoms with E-state index in [2.05, 4.69) is 20.9 Å². The van der Waals surface area contributed by atoms with E-state index in [0.717, 1.165) is 0 Å². The van der Waals surface area contributed by atoms with E-state index < -0.39 is 5.97 Å². The van der Waals surface area contributed by atoms with E-state index in [1.165, 1.54) is 0 Å². The Morgan fingerprint density at radius 1 is 1.58 bits per heavy atom. The summed E-state index contributed by atoms with van der Waals surface area (Å²) in [4.78, 5) is 15.6. The Morgan fingerprint density at radius 2 is 2.32 bits per heavy atom. The fourth-order valence-corrected chi connectivity index (χ4v) is 2.31. The van der Waals surface area contributed by atoms with Crippen molar-refractivity contribution < 1.29 is 13.9 Å². The number of anilines is 1. The lowest BCUT2D eigenvalue weighted by atomic mass is 10.2. The molecule has 100 valence electrons. The lowest BCUT2D eigenvalue weighted by Gasteiger charge is -1.99. The van der Waals surface area contributed by atoms with Crippen LogP contribution in [-0.2, 0) is 4.74 Å². The molecule has 0 saturated carbocycles. The zero-order valence-corrected chi connectivity index (χ0v) is 12.3. The molecule has 0 aliphatic heterocycles. The molecule has 0 unspecified atom stereocenters. The first-order valence-electron chi connectivity index (χ1n) is 5.41. The average molecular weight is 346 g/mol. The molecule has 0 amide bonds. The summed E-state index contributed by atoms with van der Waals surface area (Å²) >= 11 is 9.20. The molecule has 5 nitrogen and oxygen atoms in total. The summed E-state index contributed by atoms with van der Waals surface area (Å²) in [6.07, 6.45) is 0. The van der Waals surface area contributed by atoms with E-state index in [1.807, 2.05) is 0 Å². The Bertz CT molecular complexity index is 627. The molecule has 0 fully saturated rings. The Balaban J connectivity index is 2.42. The van der Waals surface area contributed by atoms with Gasteiger partial charge in [0.25, 0.3) is 0 Å². The third kappa shape index (κ3) is 2.90. The molecule has 1 aromatic heterocycles. The van der Waals surface area contributed by atoms with Crippen molar-refractivity contribution in [2.24, 2.45) is 0 Å². The number of esters is 1. The topological polar surface area (TPSA) is 78.3 Å². The SMILES string of the molecule is CCOC(=O)c1nc(-c2ccc(Cl)cc2Br)oc1N. The standard InChI is InChI=1S/C12H10BrClN2O3/c1-2-18-12(17)9-10(15)19-11(16-9)7-4-3-6(14)5-8(7)13/h3-5H,2,15H2,1H3. The molecule has 2 rings (SSSR count). The van der Waals surface area contributed by atoms with Gasteiger partial charge in [-0.15, -0.1) is 0 Å². The zero-order chi connectivity index (χ0) is 14.0. The van der Waals surface area contributed by atoms with E-state index in [9.17, 15) is 4.79 Å². The number of ether oxygens (including phenoxy) is 1. The van der Waals surface area contributed by atoms with Gasteiger partial charge in [0.15, 0.2) is 0 Å². The molecule has 0 bridgehead atoms. The minimum atomic E-state index is -0.611. The molecule has 1 aromatic carbocycles. The fraction of sp³-hybridized carbons (Fsp3) is 0.167. The van der Waals surface area contributed by atoms with Crippen molar-refractivity contribution in [1.29, 1.82) is 0 Å². The van der Waals surface area contributed by atoms with Crippen molar-refractivity contribution in [2.75, 3.05) is 12.3 Å². The van der Waals surface area contributed by atoms with Gasteiger partial charge in [0, 0.05) is 9.50 Å². The molecule has 19 heavy (non-hydrogen) atoms. The highest BCUT2D eigenvalue weighted by atomic mass is 79.9. The van der Waals surface area contributed by atoms with Gasteiger partial charge in [0.05, 0.1) is 12.2 Å². The number of carbonyl (C=O) groups is 1. The number of nitrogens with zero attached hydrogens (tertiary/aromatic N) is 1. The van der Waals surface area contributed by atoms with Crippen LogP contribution in [0.25, 0.3) is 11.5 Å². The van der Waals surface area contributed by atoms with E-state index >= 15 is 0 Å². The molecule has 1 heterocycles. The number of rotatable bonds is 3. The minimum Gasteiger partial charge on any atom is -0.461 e. The summed E-state index contributed by atoms with van der Waals surface area (Å²) in [6, 6.07) is 5.10. The Morgan fingerprint density at radius 3 is 2.95 bits per heavy atom. The number of hydrogen-bond donors (Lipinski definition) is 1. The number of nitrogen functional groups attached to an aromatic ring is 1. The summed E-state index contributed by atoms with van der Waals surface area (Å²) in [5.41, 5.74) is 6.23. The first kappa shape index (κ1) is 13.9. The molecular formula is C12H10BrClN2O3. The minimum absolute atomic E-state index is 0.0290. The molecule has 0 aliphatic rings. The van der Waals surface area contributed by atoms with Crippen LogP contribution in [0, 0.1) is 0 Å². The summed E-state index contributed by atoms with van der Waals surface area (Å²) in [7, 11) is 0. The smallest absolute Gasteiger partial charge is 0.362 e. The second kappa shape index (κ2) is 5.63. The van der Waals surface area contributed by atoms with Gasteiger partial charge in [-0.3, -0.25) is 0 Å². The molecule has 2 N–H and O–H groups in total. The number of halogens is 2. The van der Waals surface area contributed by atoms with Crippen molar-refractivity contribution in [3.8, 4) is 11.5 Å². The predicted octanol–water partition coefficient (Wildman–Crippen LogP) is 3.52. The van der Waals surface area contributed by atoms with Crippen molar-refractivity contribution in [2.45, 2.75) is 6.92 Å². The highest BCUT2D eigenvalue weighted by molar-refractivity contribution is 9.10. The summed E-state index contributed by atoms with van der Waals surface area (Å²) in [5, 5.41) is 0.570. The van der Waals surface area contributed by atoms with E-state index in [4.69, 9.17) is 26.5 Å². The summed E-state index contributed by atoms with van der Waals surface area (Å²) < 4.78 is 10.8. The second-order valence-corrected chi connectivity index (χ2v) is 4.87. The quantitative estimate of drug-likeness (QED) is 0.861. The van der Waals surface area contributed by atoms with Gasteiger partial charge < -0.3 is 14.9 Å². The first-order valence-corrected chi connectivity index (χ1v) is 6.59. The van der Waals surface area contributed by atoms with Crippen LogP contribution in [0.3, 0.4) is 0 Å². The maximum atomic E-state index is 11.6. The number of nitrogens with two attached hydrogens (primary N) is 1. The van der Waals surface area contributed by atoms with Crippen molar-refractivity contribution in [1.82, 2.24) is 4.98 Å². The van der Waals surface area contributed by atoms with Crippen LogP contribution in [0.1, 0.15) is 17.4 Å². The van der Waals surface area contributed by atoms with Crippen molar-refractivity contribution in [3.63, 3.8) is 0 Å². The van der Waals surface area contributed by atoms with Crippen LogP contribution in [-0.4, -0.2) is 17.6 Å². The van der Waals surface area contributed by atoms with Gasteiger partial charge in [-0.1, -0.05) is 11.6 Å². The van der Waals surface area contributed by atoms with Gasteiger partial charge in [0.1, 0.15) is 0 Å². The highest BCUT2D eigenvalue weighted by Crippen LogP contribution is 2.32. The van der Waals surface area contributed by atoms with Gasteiger partial charge >= 0.3 is 5.97 Å². The van der Waals surface area contributed by atoms with Crippen LogP contribution < -0.4 is 5.73 Å².